The monoisotopic (exact) mass is 463 g/mol. The minimum atomic E-state index is 0.201. The highest BCUT2D eigenvalue weighted by molar-refractivity contribution is 7.99. The minimum Gasteiger partial charge on any atom is -0.396 e. The van der Waals surface area contributed by atoms with Crippen molar-refractivity contribution in [2.24, 2.45) is 0 Å². The van der Waals surface area contributed by atoms with E-state index in [-0.39, 0.29) is 6.61 Å². The highest BCUT2D eigenvalue weighted by Crippen LogP contribution is 2.40. The third-order valence-corrected chi connectivity index (χ3v) is 7.90. The number of fused-ring (bicyclic) bond motifs is 4. The van der Waals surface area contributed by atoms with Crippen molar-refractivity contribution in [2.75, 3.05) is 29.6 Å². The van der Waals surface area contributed by atoms with Crippen LogP contribution in [0.2, 0.25) is 10.0 Å². The largest absolute Gasteiger partial charge is 0.396 e. The molecule has 4 aromatic rings. The van der Waals surface area contributed by atoms with E-state index >= 15 is 0 Å². The van der Waals surface area contributed by atoms with Gasteiger partial charge in [-0.3, -0.25) is 0 Å². The van der Waals surface area contributed by atoms with Crippen molar-refractivity contribution >= 4 is 72.6 Å². The first-order valence-corrected chi connectivity index (χ1v) is 12.1. The van der Waals surface area contributed by atoms with E-state index in [0.717, 1.165) is 55.5 Å². The second-order valence-corrected chi connectivity index (χ2v) is 10.2. The highest BCUT2D eigenvalue weighted by atomic mass is 35.5. The molecule has 1 aliphatic rings. The average Bonchev–Trinajstić information content (AvgIpc) is 3.28. The van der Waals surface area contributed by atoms with E-state index < -0.39 is 0 Å². The van der Waals surface area contributed by atoms with Crippen LogP contribution in [0.5, 0.6) is 0 Å². The Kier molecular flexibility index (Phi) is 5.39. The van der Waals surface area contributed by atoms with Gasteiger partial charge in [0, 0.05) is 50.6 Å². The molecule has 8 heteroatoms. The Labute approximate surface area is 186 Å². The number of hydrogen-bond donors (Lipinski definition) is 2. The second-order valence-electron chi connectivity index (χ2n) is 7.19. The Morgan fingerprint density at radius 3 is 2.90 bits per heavy atom. The zero-order chi connectivity index (χ0) is 20.0. The zero-order valence-electron chi connectivity index (χ0n) is 15.5. The molecule has 2 N–H and O–H groups in total. The van der Waals surface area contributed by atoms with Crippen LogP contribution >= 0.6 is 46.3 Å². The van der Waals surface area contributed by atoms with Crippen molar-refractivity contribution in [3.63, 3.8) is 0 Å². The molecule has 1 aliphatic heterocycles. The summed E-state index contributed by atoms with van der Waals surface area (Å²) in [5.41, 5.74) is 4.68. The molecule has 0 spiro atoms. The summed E-state index contributed by atoms with van der Waals surface area (Å²) in [5, 5.41) is 12.9. The number of nitrogens with zero attached hydrogens (tertiary/aromatic N) is 2. The molecule has 2 aromatic heterocycles. The first-order chi connectivity index (χ1) is 14.1. The lowest BCUT2D eigenvalue weighted by molar-refractivity contribution is 0.322. The van der Waals surface area contributed by atoms with Crippen LogP contribution in [0.3, 0.4) is 0 Å². The van der Waals surface area contributed by atoms with Gasteiger partial charge in [-0.25, -0.2) is 4.98 Å². The van der Waals surface area contributed by atoms with Crippen LogP contribution in [0.25, 0.3) is 21.1 Å². The number of hydrogen-bond acceptors (Lipinski definition) is 5. The lowest BCUT2D eigenvalue weighted by atomic mass is 9.93. The highest BCUT2D eigenvalue weighted by Gasteiger charge is 2.30. The first-order valence-electron chi connectivity index (χ1n) is 9.42. The lowest BCUT2D eigenvalue weighted by Gasteiger charge is -2.33. The van der Waals surface area contributed by atoms with Crippen LogP contribution in [-0.2, 0) is 6.54 Å². The van der Waals surface area contributed by atoms with E-state index in [2.05, 4.69) is 22.0 Å². The van der Waals surface area contributed by atoms with Gasteiger partial charge in [-0.1, -0.05) is 34.5 Å². The number of thioether (sulfide) groups is 1. The van der Waals surface area contributed by atoms with Crippen molar-refractivity contribution in [1.29, 1.82) is 0 Å². The Hall–Kier alpha value is -1.44. The maximum absolute atomic E-state index is 9.22. The van der Waals surface area contributed by atoms with E-state index in [9.17, 15) is 5.11 Å². The van der Waals surface area contributed by atoms with Gasteiger partial charge in [-0.2, -0.15) is 11.8 Å². The minimum absolute atomic E-state index is 0.201. The molecule has 0 saturated carbocycles. The van der Waals surface area contributed by atoms with Crippen molar-refractivity contribution in [1.82, 2.24) is 9.97 Å². The van der Waals surface area contributed by atoms with Gasteiger partial charge in [-0.05, 0) is 42.0 Å². The molecule has 1 atom stereocenters. The molecule has 1 unspecified atom stereocenters. The molecule has 0 fully saturated rings. The molecule has 0 saturated heterocycles. The summed E-state index contributed by atoms with van der Waals surface area (Å²) in [6.45, 7) is 1.88. The fraction of sp³-hybridized carbons (Fsp3) is 0.286. The molecule has 29 heavy (non-hydrogen) atoms. The second kappa shape index (κ2) is 8.00. The fourth-order valence-corrected chi connectivity index (χ4v) is 6.31. The number of aliphatic hydroxyl groups excluding tert-OH is 1. The normalized spacial score (nSPS) is 16.7. The van der Waals surface area contributed by atoms with E-state index in [1.54, 1.807) is 23.1 Å². The molecular formula is C21H19Cl2N3OS2. The van der Waals surface area contributed by atoms with Gasteiger partial charge in [0.1, 0.15) is 0 Å². The number of thiazole rings is 1. The summed E-state index contributed by atoms with van der Waals surface area (Å²) in [5.74, 6) is 2.02. The van der Waals surface area contributed by atoms with Gasteiger partial charge < -0.3 is 15.0 Å². The Balaban J connectivity index is 1.55. The molecular weight excluding hydrogens is 445 g/mol. The number of halogens is 2. The Morgan fingerprint density at radius 2 is 2.03 bits per heavy atom. The van der Waals surface area contributed by atoms with Crippen LogP contribution in [0.1, 0.15) is 17.2 Å². The van der Waals surface area contributed by atoms with E-state index in [4.69, 9.17) is 28.2 Å². The van der Waals surface area contributed by atoms with Crippen molar-refractivity contribution < 1.29 is 5.11 Å². The summed E-state index contributed by atoms with van der Waals surface area (Å²) >= 11 is 15.9. The average molecular weight is 464 g/mol. The molecule has 4 nitrogen and oxygen atoms in total. The maximum Gasteiger partial charge on any atom is 0.186 e. The molecule has 150 valence electrons. The smallest absolute Gasteiger partial charge is 0.186 e. The van der Waals surface area contributed by atoms with E-state index in [1.807, 2.05) is 24.3 Å². The van der Waals surface area contributed by atoms with Crippen LogP contribution in [0.15, 0.2) is 36.4 Å². The number of anilines is 1. The molecule has 2 aromatic carbocycles. The number of aromatic amines is 1. The van der Waals surface area contributed by atoms with Gasteiger partial charge in [0.2, 0.25) is 0 Å². The van der Waals surface area contributed by atoms with Crippen LogP contribution < -0.4 is 4.90 Å². The first kappa shape index (κ1) is 19.5. The summed E-state index contributed by atoms with van der Waals surface area (Å²) in [4.78, 5) is 10.8. The van der Waals surface area contributed by atoms with Gasteiger partial charge in [-0.15, -0.1) is 0 Å². The summed E-state index contributed by atoms with van der Waals surface area (Å²) in [6, 6.07) is 11.9. The Morgan fingerprint density at radius 1 is 1.21 bits per heavy atom. The van der Waals surface area contributed by atoms with Gasteiger partial charge in [0.15, 0.2) is 5.13 Å². The van der Waals surface area contributed by atoms with Crippen LogP contribution in [-0.4, -0.2) is 39.7 Å². The number of nitrogens with one attached hydrogen (secondary N) is 1. The number of benzene rings is 2. The summed E-state index contributed by atoms with van der Waals surface area (Å²) in [7, 11) is 0. The van der Waals surface area contributed by atoms with Crippen molar-refractivity contribution in [3.8, 4) is 0 Å². The lowest BCUT2D eigenvalue weighted by Crippen LogP contribution is -2.34. The quantitative estimate of drug-likeness (QED) is 0.361. The molecule has 0 amide bonds. The topological polar surface area (TPSA) is 52.1 Å². The zero-order valence-corrected chi connectivity index (χ0v) is 18.6. The van der Waals surface area contributed by atoms with Crippen molar-refractivity contribution in [3.05, 3.63) is 57.7 Å². The number of H-pyrrole nitrogens is 1. The van der Waals surface area contributed by atoms with Crippen LogP contribution in [0, 0.1) is 0 Å². The number of aromatic nitrogens is 2. The van der Waals surface area contributed by atoms with Gasteiger partial charge >= 0.3 is 0 Å². The predicted octanol–water partition coefficient (Wildman–Crippen LogP) is 5.91. The van der Waals surface area contributed by atoms with Crippen molar-refractivity contribution in [2.45, 2.75) is 12.5 Å². The van der Waals surface area contributed by atoms with Gasteiger partial charge in [0.05, 0.1) is 23.4 Å². The SMILES string of the molecule is OCCSCC1CN(c2nc3ccc(Cl)cc3s2)Cc2[nH]c3ccc(Cl)cc3c21. The molecule has 3 heterocycles. The molecule has 5 rings (SSSR count). The number of rotatable bonds is 5. The Bertz CT molecular complexity index is 1190. The third kappa shape index (κ3) is 3.73. The maximum atomic E-state index is 9.22. The summed E-state index contributed by atoms with van der Waals surface area (Å²) in [6.07, 6.45) is 0. The fourth-order valence-electron chi connectivity index (χ4n) is 4.04. The van der Waals surface area contributed by atoms with E-state index in [1.165, 1.54) is 16.6 Å². The van der Waals surface area contributed by atoms with Gasteiger partial charge in [0.25, 0.3) is 0 Å². The van der Waals surface area contributed by atoms with Crippen LogP contribution in [0.4, 0.5) is 5.13 Å². The van der Waals surface area contributed by atoms with E-state index in [0.29, 0.717) is 5.92 Å². The molecule has 0 radical (unpaired) electrons. The number of aliphatic hydroxyl groups is 1. The predicted molar refractivity (Wildman–Crippen MR) is 126 cm³/mol. The molecule has 0 aliphatic carbocycles. The standard InChI is InChI=1S/C21H19Cl2N3OS2/c22-13-1-3-16-15(7-13)20-12(11-28-6-5-27)9-26(10-18(20)24-16)21-25-17-4-2-14(23)8-19(17)29-21/h1-4,7-8,12,24,27H,5-6,9-11H2. The summed E-state index contributed by atoms with van der Waals surface area (Å²) < 4.78 is 1.10. The molecule has 0 bridgehead atoms. The third-order valence-electron chi connectivity index (χ3n) is 5.24.